The molecule has 3 unspecified atom stereocenters. The van der Waals surface area contributed by atoms with Gasteiger partial charge in [0.25, 0.3) is 11.6 Å². The fourth-order valence-electron chi connectivity index (χ4n) is 4.06. The van der Waals surface area contributed by atoms with E-state index in [0.29, 0.717) is 37.7 Å². The number of anilines is 1. The number of hydrogen-bond acceptors (Lipinski definition) is 6. The molecule has 2 aromatic heterocycles. The van der Waals surface area contributed by atoms with Gasteiger partial charge in [-0.2, -0.15) is 22.7 Å². The zero-order valence-electron chi connectivity index (χ0n) is 15.7. The maximum Gasteiger partial charge on any atom is 0.453 e. The molecule has 1 N–H and O–H groups in total. The van der Waals surface area contributed by atoms with E-state index in [4.69, 9.17) is 4.74 Å². The van der Waals surface area contributed by atoms with Gasteiger partial charge in [0.2, 0.25) is 0 Å². The van der Waals surface area contributed by atoms with Crippen LogP contribution in [0.2, 0.25) is 0 Å². The Balaban J connectivity index is 1.54. The average Bonchev–Trinajstić information content (AvgIpc) is 3.35. The van der Waals surface area contributed by atoms with Crippen LogP contribution in [0.1, 0.15) is 23.9 Å². The van der Waals surface area contributed by atoms with Gasteiger partial charge in [-0.3, -0.25) is 4.90 Å². The second-order valence-corrected chi connectivity index (χ2v) is 7.39. The Labute approximate surface area is 168 Å². The first-order valence-electron chi connectivity index (χ1n) is 9.55. The molecule has 0 amide bonds. The lowest BCUT2D eigenvalue weighted by atomic mass is 9.95. The number of nitrogens with zero attached hydrogens (tertiary/aromatic N) is 5. The summed E-state index contributed by atoms with van der Waals surface area (Å²) in [5, 5.41) is 6.89. The summed E-state index contributed by atoms with van der Waals surface area (Å²) < 4.78 is 60.0. The first kappa shape index (κ1) is 19.0. The van der Waals surface area contributed by atoms with Gasteiger partial charge in [0, 0.05) is 24.8 Å². The largest absolute Gasteiger partial charge is 0.491 e. The lowest BCUT2D eigenvalue weighted by molar-refractivity contribution is -0.144. The Morgan fingerprint density at radius 1 is 1.17 bits per heavy atom. The van der Waals surface area contributed by atoms with Crippen molar-refractivity contribution in [1.82, 2.24) is 24.5 Å². The zero-order valence-corrected chi connectivity index (χ0v) is 15.7. The molecule has 3 aromatic rings. The van der Waals surface area contributed by atoms with Crippen LogP contribution in [-0.2, 0) is 6.18 Å². The van der Waals surface area contributed by atoms with Crippen molar-refractivity contribution in [3.05, 3.63) is 47.9 Å². The molecule has 11 heteroatoms. The minimum absolute atomic E-state index is 0.158. The van der Waals surface area contributed by atoms with Gasteiger partial charge < -0.3 is 10.1 Å². The number of ether oxygens (including phenoxy) is 1. The van der Waals surface area contributed by atoms with Crippen molar-refractivity contribution in [3.8, 4) is 5.75 Å². The van der Waals surface area contributed by atoms with E-state index in [1.54, 1.807) is 6.07 Å². The van der Waals surface area contributed by atoms with Crippen LogP contribution in [0.3, 0.4) is 0 Å². The van der Waals surface area contributed by atoms with E-state index in [1.165, 1.54) is 6.20 Å². The fraction of sp³-hybridized carbons (Fsp3) is 0.421. The van der Waals surface area contributed by atoms with E-state index in [9.17, 15) is 17.6 Å². The topological polar surface area (TPSA) is 67.6 Å². The number of benzene rings is 1. The number of halogens is 4. The molecule has 1 aromatic carbocycles. The number of nitrogens with one attached hydrogen (secondary N) is 1. The summed E-state index contributed by atoms with van der Waals surface area (Å²) >= 11 is 0. The predicted octanol–water partition coefficient (Wildman–Crippen LogP) is 3.10. The Kier molecular flexibility index (Phi) is 4.49. The minimum Gasteiger partial charge on any atom is -0.491 e. The Morgan fingerprint density at radius 2 is 2.00 bits per heavy atom. The number of para-hydroxylation sites is 1. The zero-order chi connectivity index (χ0) is 20.9. The van der Waals surface area contributed by atoms with Crippen LogP contribution in [0.15, 0.2) is 36.5 Å². The summed E-state index contributed by atoms with van der Waals surface area (Å²) in [5.41, 5.74) is 0.845. The lowest BCUT2D eigenvalue weighted by Crippen LogP contribution is -2.47. The van der Waals surface area contributed by atoms with E-state index in [-0.39, 0.29) is 17.9 Å². The van der Waals surface area contributed by atoms with E-state index >= 15 is 0 Å². The van der Waals surface area contributed by atoms with Gasteiger partial charge >= 0.3 is 6.18 Å². The molecule has 1 saturated heterocycles. The molecule has 3 atom stereocenters. The molecule has 2 aliphatic heterocycles. The highest BCUT2D eigenvalue weighted by molar-refractivity contribution is 5.49. The van der Waals surface area contributed by atoms with Crippen molar-refractivity contribution in [3.63, 3.8) is 0 Å². The molecular weight excluding hydrogens is 404 g/mol. The van der Waals surface area contributed by atoms with Gasteiger partial charge in [-0.25, -0.2) is 9.37 Å². The van der Waals surface area contributed by atoms with Crippen molar-refractivity contribution in [2.45, 2.75) is 30.9 Å². The van der Waals surface area contributed by atoms with Crippen LogP contribution < -0.4 is 10.1 Å². The Hall–Kier alpha value is -2.95. The number of hydrogen-bond donors (Lipinski definition) is 1. The molecular formula is C19H18F4N6O. The molecule has 4 heterocycles. The van der Waals surface area contributed by atoms with Crippen LogP contribution in [0.5, 0.6) is 5.75 Å². The van der Waals surface area contributed by atoms with Crippen LogP contribution in [0.25, 0.3) is 5.78 Å². The minimum atomic E-state index is -4.68. The first-order valence-corrected chi connectivity index (χ1v) is 9.55. The standard InChI is InChI=1S/C19H18F4N6O/c20-11-6-8-28(9-11)13-10-30-14-4-2-1-3-12(14)16(13)25-15-5-7-24-18-26-17(19(21,22)23)27-29(15)18/h1-5,7,11,13,16,25H,6,8-10H2. The normalized spacial score (nSPS) is 24.6. The van der Waals surface area contributed by atoms with Crippen molar-refractivity contribution < 1.29 is 22.3 Å². The lowest BCUT2D eigenvalue weighted by Gasteiger charge is -2.39. The van der Waals surface area contributed by atoms with Crippen molar-refractivity contribution in [1.29, 1.82) is 0 Å². The van der Waals surface area contributed by atoms with Gasteiger partial charge in [-0.1, -0.05) is 18.2 Å². The number of rotatable bonds is 3. The van der Waals surface area contributed by atoms with Crippen LogP contribution in [0.4, 0.5) is 23.4 Å². The molecule has 2 aliphatic rings. The van der Waals surface area contributed by atoms with Crippen LogP contribution in [-0.4, -0.2) is 56.4 Å². The number of aromatic nitrogens is 4. The van der Waals surface area contributed by atoms with Gasteiger partial charge in [-0.15, -0.1) is 5.10 Å². The summed E-state index contributed by atoms with van der Waals surface area (Å²) in [6.45, 7) is 1.21. The number of fused-ring (bicyclic) bond motifs is 2. The number of likely N-dealkylation sites (tertiary alicyclic amines) is 1. The molecule has 0 saturated carbocycles. The van der Waals surface area contributed by atoms with E-state index in [2.05, 4.69) is 20.4 Å². The van der Waals surface area contributed by atoms with Crippen molar-refractivity contribution in [2.75, 3.05) is 25.0 Å². The highest BCUT2D eigenvalue weighted by Crippen LogP contribution is 2.38. The molecule has 7 nitrogen and oxygen atoms in total. The summed E-state index contributed by atoms with van der Waals surface area (Å²) in [6, 6.07) is 8.43. The molecule has 1 fully saturated rings. The van der Waals surface area contributed by atoms with Crippen molar-refractivity contribution in [2.24, 2.45) is 0 Å². The smallest absolute Gasteiger partial charge is 0.453 e. The quantitative estimate of drug-likeness (QED) is 0.655. The maximum atomic E-state index is 13.9. The third-order valence-electron chi connectivity index (χ3n) is 5.48. The molecule has 30 heavy (non-hydrogen) atoms. The Morgan fingerprint density at radius 3 is 2.77 bits per heavy atom. The van der Waals surface area contributed by atoms with Crippen LogP contribution >= 0.6 is 0 Å². The second-order valence-electron chi connectivity index (χ2n) is 7.39. The average molecular weight is 422 g/mol. The molecule has 0 radical (unpaired) electrons. The highest BCUT2D eigenvalue weighted by Gasteiger charge is 2.39. The van der Waals surface area contributed by atoms with Gasteiger partial charge in [0.05, 0.1) is 12.1 Å². The van der Waals surface area contributed by atoms with Gasteiger partial charge in [0.15, 0.2) is 0 Å². The van der Waals surface area contributed by atoms with Crippen molar-refractivity contribution >= 4 is 11.6 Å². The maximum absolute atomic E-state index is 13.9. The van der Waals surface area contributed by atoms with Crippen LogP contribution in [0, 0.1) is 0 Å². The highest BCUT2D eigenvalue weighted by atomic mass is 19.4. The SMILES string of the molecule is FC1CCN(C2COc3ccccc3C2Nc2ccnc3nc(C(F)(F)F)nn23)C1. The number of alkyl halides is 4. The molecule has 0 aliphatic carbocycles. The third-order valence-corrected chi connectivity index (χ3v) is 5.48. The van der Waals surface area contributed by atoms with E-state index in [1.807, 2.05) is 29.2 Å². The molecule has 0 bridgehead atoms. The van der Waals surface area contributed by atoms with E-state index < -0.39 is 18.2 Å². The predicted molar refractivity (Wildman–Crippen MR) is 99.0 cm³/mol. The molecule has 0 spiro atoms. The summed E-state index contributed by atoms with van der Waals surface area (Å²) in [5.74, 6) is -0.421. The monoisotopic (exact) mass is 422 g/mol. The molecule has 5 rings (SSSR count). The Bertz CT molecular complexity index is 1070. The van der Waals surface area contributed by atoms with E-state index in [0.717, 1.165) is 10.1 Å². The van der Waals surface area contributed by atoms with Gasteiger partial charge in [-0.05, 0) is 18.6 Å². The third kappa shape index (κ3) is 3.32. The molecule has 158 valence electrons. The summed E-state index contributed by atoms with van der Waals surface area (Å²) in [6.07, 6.45) is -3.76. The first-order chi connectivity index (χ1) is 14.4. The van der Waals surface area contributed by atoms with Gasteiger partial charge in [0.1, 0.15) is 24.3 Å². The summed E-state index contributed by atoms with van der Waals surface area (Å²) in [7, 11) is 0. The fourth-order valence-corrected chi connectivity index (χ4v) is 4.06. The second kappa shape index (κ2) is 7.08. The summed E-state index contributed by atoms with van der Waals surface area (Å²) in [4.78, 5) is 9.38.